The third kappa shape index (κ3) is 2.43. The first-order valence-electron chi connectivity index (χ1n) is 7.60. The Morgan fingerprint density at radius 3 is 2.48 bits per heavy atom. The maximum atomic E-state index is 13.1. The first-order valence-corrected chi connectivity index (χ1v) is 9.04. The van der Waals surface area contributed by atoms with Crippen LogP contribution in [0, 0.1) is 10.1 Å². The fourth-order valence-electron chi connectivity index (χ4n) is 3.79. The van der Waals surface area contributed by atoms with Crippen LogP contribution >= 0.6 is 0 Å². The smallest absolute Gasteiger partial charge is 0.330 e. The Balaban J connectivity index is 2.07. The lowest BCUT2D eigenvalue weighted by atomic mass is 9.91. The number of carbonyl (C=O) groups excluding carboxylic acids is 1. The van der Waals surface area contributed by atoms with Crippen molar-refractivity contribution < 1.29 is 27.6 Å². The maximum Gasteiger partial charge on any atom is 0.330 e. The first-order chi connectivity index (χ1) is 11.6. The molecule has 2 aliphatic rings. The van der Waals surface area contributed by atoms with Gasteiger partial charge in [0.25, 0.3) is 5.69 Å². The van der Waals surface area contributed by atoms with Crippen LogP contribution in [0.1, 0.15) is 20.3 Å². The van der Waals surface area contributed by atoms with Gasteiger partial charge in [0, 0.05) is 25.1 Å². The standard InChI is InChI=1S/C15H18N2O7S/c1-10-15(13(18)23-3)8-14(2,24-10)9-16(15)25(21,22)12-6-4-11(5-7-12)17(19)20/h4-7,10H,8-9H2,1-3H3/t10-,14-,15-/m1/s1. The molecule has 0 saturated carbocycles. The highest BCUT2D eigenvalue weighted by Crippen LogP contribution is 2.51. The number of hydrogen-bond donors (Lipinski definition) is 0. The number of ether oxygens (including phenoxy) is 2. The number of rotatable bonds is 4. The topological polar surface area (TPSA) is 116 Å². The average molecular weight is 370 g/mol. The number of morpholine rings is 1. The van der Waals surface area contributed by atoms with E-state index in [1.165, 1.54) is 7.11 Å². The van der Waals surface area contributed by atoms with Crippen molar-refractivity contribution in [1.82, 2.24) is 4.31 Å². The van der Waals surface area contributed by atoms with Crippen molar-refractivity contribution in [3.05, 3.63) is 34.4 Å². The predicted octanol–water partition coefficient (Wildman–Crippen LogP) is 1.08. The van der Waals surface area contributed by atoms with Crippen molar-refractivity contribution in [1.29, 1.82) is 0 Å². The molecule has 25 heavy (non-hydrogen) atoms. The van der Waals surface area contributed by atoms with E-state index >= 15 is 0 Å². The highest BCUT2D eigenvalue weighted by Gasteiger charge is 2.70. The van der Waals surface area contributed by atoms with Crippen LogP contribution < -0.4 is 0 Å². The molecule has 0 unspecified atom stereocenters. The minimum Gasteiger partial charge on any atom is -0.468 e. The number of hydrogen-bond acceptors (Lipinski definition) is 7. The number of fused-ring (bicyclic) bond motifs is 2. The van der Waals surface area contributed by atoms with E-state index < -0.39 is 38.2 Å². The SMILES string of the molecule is COC(=O)[C@]12C[C@](C)(CN1S(=O)(=O)c1ccc([N+](=O)[O-])cc1)O[C@@H]2C. The van der Waals surface area contributed by atoms with Gasteiger partial charge in [-0.25, -0.2) is 13.2 Å². The van der Waals surface area contributed by atoms with Gasteiger partial charge in [0.15, 0.2) is 5.54 Å². The Hall–Kier alpha value is -2.04. The van der Waals surface area contributed by atoms with E-state index in [1.807, 2.05) is 0 Å². The minimum absolute atomic E-state index is 0.00572. The van der Waals surface area contributed by atoms with E-state index in [-0.39, 0.29) is 23.5 Å². The number of carbonyl (C=O) groups is 1. The molecule has 0 radical (unpaired) electrons. The normalized spacial score (nSPS) is 31.9. The van der Waals surface area contributed by atoms with Crippen LogP contribution in [-0.2, 0) is 24.3 Å². The lowest BCUT2D eigenvalue weighted by Crippen LogP contribution is -2.61. The maximum absolute atomic E-state index is 13.1. The van der Waals surface area contributed by atoms with E-state index in [4.69, 9.17) is 9.47 Å². The summed E-state index contributed by atoms with van der Waals surface area (Å²) in [5.74, 6) is -0.674. The Morgan fingerprint density at radius 2 is 2.00 bits per heavy atom. The van der Waals surface area contributed by atoms with Crippen LogP contribution in [0.15, 0.2) is 29.2 Å². The van der Waals surface area contributed by atoms with Gasteiger partial charge in [0.1, 0.15) is 0 Å². The molecule has 0 N–H and O–H groups in total. The Labute approximate surface area is 144 Å². The molecule has 10 heteroatoms. The molecule has 2 aliphatic heterocycles. The molecule has 0 aromatic heterocycles. The van der Waals surface area contributed by atoms with Crippen molar-refractivity contribution in [3.8, 4) is 0 Å². The zero-order chi connectivity index (χ0) is 18.6. The molecule has 2 fully saturated rings. The summed E-state index contributed by atoms with van der Waals surface area (Å²) in [7, 11) is -2.86. The monoisotopic (exact) mass is 370 g/mol. The lowest BCUT2D eigenvalue weighted by Gasteiger charge is -2.40. The van der Waals surface area contributed by atoms with Gasteiger partial charge in [-0.15, -0.1) is 0 Å². The van der Waals surface area contributed by atoms with Crippen LogP contribution in [0.3, 0.4) is 0 Å². The summed E-state index contributed by atoms with van der Waals surface area (Å²) in [6.45, 7) is 3.39. The highest BCUT2D eigenvalue weighted by atomic mass is 32.2. The number of benzene rings is 1. The van der Waals surface area contributed by atoms with E-state index in [0.29, 0.717) is 0 Å². The third-order valence-corrected chi connectivity index (χ3v) is 6.78. The van der Waals surface area contributed by atoms with Gasteiger partial charge < -0.3 is 9.47 Å². The van der Waals surface area contributed by atoms with Gasteiger partial charge in [-0.05, 0) is 26.0 Å². The summed E-state index contributed by atoms with van der Waals surface area (Å²) < 4.78 is 38.0. The molecule has 3 atom stereocenters. The van der Waals surface area contributed by atoms with Gasteiger partial charge in [-0.3, -0.25) is 10.1 Å². The van der Waals surface area contributed by atoms with Gasteiger partial charge in [0.2, 0.25) is 10.0 Å². The van der Waals surface area contributed by atoms with Gasteiger partial charge in [-0.2, -0.15) is 4.31 Å². The molecule has 1 aromatic rings. The molecule has 0 amide bonds. The average Bonchev–Trinajstić information content (AvgIpc) is 3.02. The van der Waals surface area contributed by atoms with Crippen molar-refractivity contribution in [2.45, 2.75) is 42.4 Å². The van der Waals surface area contributed by atoms with Gasteiger partial charge in [0.05, 0.1) is 28.6 Å². The van der Waals surface area contributed by atoms with Crippen LogP contribution in [0.25, 0.3) is 0 Å². The summed E-state index contributed by atoms with van der Waals surface area (Å²) in [6.07, 6.45) is -0.480. The third-order valence-electron chi connectivity index (χ3n) is 4.87. The van der Waals surface area contributed by atoms with Crippen molar-refractivity contribution in [3.63, 3.8) is 0 Å². The fourth-order valence-corrected chi connectivity index (χ4v) is 5.69. The number of nitro groups is 1. The molecule has 136 valence electrons. The fraction of sp³-hybridized carbons (Fsp3) is 0.533. The Kier molecular flexibility index (Phi) is 3.90. The molecule has 2 bridgehead atoms. The van der Waals surface area contributed by atoms with Crippen molar-refractivity contribution in [2.75, 3.05) is 13.7 Å². The molecule has 9 nitrogen and oxygen atoms in total. The van der Waals surface area contributed by atoms with Crippen LogP contribution in [0.5, 0.6) is 0 Å². The predicted molar refractivity (Wildman–Crippen MR) is 85.3 cm³/mol. The second kappa shape index (κ2) is 5.48. The molecule has 0 spiro atoms. The van der Waals surface area contributed by atoms with Crippen molar-refractivity contribution >= 4 is 21.7 Å². The Morgan fingerprint density at radius 1 is 1.40 bits per heavy atom. The van der Waals surface area contributed by atoms with Gasteiger partial charge in [-0.1, -0.05) is 0 Å². The minimum atomic E-state index is -4.07. The summed E-state index contributed by atoms with van der Waals surface area (Å²) in [5, 5.41) is 10.8. The number of non-ortho nitro benzene ring substituents is 1. The molecule has 2 heterocycles. The van der Waals surface area contributed by atoms with E-state index in [1.54, 1.807) is 13.8 Å². The molecular formula is C15H18N2O7S. The van der Waals surface area contributed by atoms with Crippen LogP contribution in [0.4, 0.5) is 5.69 Å². The molecule has 3 rings (SSSR count). The summed E-state index contributed by atoms with van der Waals surface area (Å²) in [4.78, 5) is 22.5. The first kappa shape index (κ1) is 17.8. The second-order valence-electron chi connectivity index (χ2n) is 6.57. The number of methoxy groups -OCH3 is 1. The zero-order valence-corrected chi connectivity index (χ0v) is 14.8. The summed E-state index contributed by atoms with van der Waals surface area (Å²) in [6, 6.07) is 4.57. The van der Waals surface area contributed by atoms with Crippen molar-refractivity contribution in [2.24, 2.45) is 0 Å². The Bertz CT molecular complexity index is 838. The van der Waals surface area contributed by atoms with Gasteiger partial charge >= 0.3 is 5.97 Å². The molecule has 0 aliphatic carbocycles. The lowest BCUT2D eigenvalue weighted by molar-refractivity contribution is -0.384. The zero-order valence-electron chi connectivity index (χ0n) is 14.0. The largest absolute Gasteiger partial charge is 0.468 e. The number of nitrogens with zero attached hydrogens (tertiary/aromatic N) is 2. The second-order valence-corrected chi connectivity index (χ2v) is 8.43. The van der Waals surface area contributed by atoms with E-state index in [2.05, 4.69) is 0 Å². The molecule has 1 aromatic carbocycles. The number of sulfonamides is 1. The number of esters is 1. The summed E-state index contributed by atoms with van der Waals surface area (Å²) in [5.41, 5.74) is -2.45. The van der Waals surface area contributed by atoms with E-state index in [0.717, 1.165) is 28.6 Å². The molecule has 2 saturated heterocycles. The highest BCUT2D eigenvalue weighted by molar-refractivity contribution is 7.89. The number of nitro benzene ring substituents is 1. The quantitative estimate of drug-likeness (QED) is 0.442. The van der Waals surface area contributed by atoms with Crippen LogP contribution in [0.2, 0.25) is 0 Å². The molecular weight excluding hydrogens is 352 g/mol. The van der Waals surface area contributed by atoms with Crippen LogP contribution in [-0.4, -0.2) is 54.5 Å². The summed E-state index contributed by atoms with van der Waals surface area (Å²) >= 11 is 0. The van der Waals surface area contributed by atoms with E-state index in [9.17, 15) is 23.3 Å².